The Morgan fingerprint density at radius 2 is 2.05 bits per heavy atom. The first-order valence-corrected chi connectivity index (χ1v) is 6.62. The minimum atomic E-state index is -0.164. The summed E-state index contributed by atoms with van der Waals surface area (Å²) in [7, 11) is 0. The Labute approximate surface area is 121 Å². The molecule has 2 aromatic carbocycles. The predicted octanol–water partition coefficient (Wildman–Crippen LogP) is 3.94. The number of hydrogen-bond acceptors (Lipinski definition) is 2. The molecule has 0 amide bonds. The number of carbonyl (C=O) groups is 1. The number of H-pyrrole nitrogens is 1. The average molecular weight is 285 g/mol. The zero-order chi connectivity index (χ0) is 14.3. The van der Waals surface area contributed by atoms with Crippen LogP contribution in [0.5, 0.6) is 0 Å². The van der Waals surface area contributed by atoms with Crippen molar-refractivity contribution < 1.29 is 4.79 Å². The third kappa shape index (κ3) is 1.96. The van der Waals surface area contributed by atoms with E-state index >= 15 is 0 Å². The smallest absolute Gasteiger partial charge is 0.198 e. The maximum Gasteiger partial charge on any atom is 0.198 e. The molecule has 1 aromatic heterocycles. The molecule has 0 saturated carbocycles. The minimum Gasteiger partial charge on any atom is -0.398 e. The zero-order valence-electron chi connectivity index (χ0n) is 10.9. The molecule has 0 aliphatic carbocycles. The van der Waals surface area contributed by atoms with Crippen LogP contribution in [0.2, 0.25) is 5.02 Å². The number of ketones is 1. The summed E-state index contributed by atoms with van der Waals surface area (Å²) in [6, 6.07) is 11.0. The SMILES string of the molecule is Cc1ccc2c(C(=O)c3c(N)cccc3Cl)c[nH]c2c1. The lowest BCUT2D eigenvalue weighted by atomic mass is 10.0. The van der Waals surface area contributed by atoms with Gasteiger partial charge in [0.05, 0.1) is 10.6 Å². The number of nitrogen functional groups attached to an aromatic ring is 1. The standard InChI is InChI=1S/C16H13ClN2O/c1-9-5-6-10-11(8-19-14(10)7-9)16(20)15-12(17)3-2-4-13(15)18/h2-8,19H,18H2,1H3. The van der Waals surface area contributed by atoms with Gasteiger partial charge in [0.25, 0.3) is 0 Å². The van der Waals surface area contributed by atoms with Crippen LogP contribution >= 0.6 is 11.6 Å². The van der Waals surface area contributed by atoms with Crippen LogP contribution < -0.4 is 5.73 Å². The van der Waals surface area contributed by atoms with Gasteiger partial charge in [0, 0.05) is 28.4 Å². The summed E-state index contributed by atoms with van der Waals surface area (Å²) < 4.78 is 0. The molecular weight excluding hydrogens is 272 g/mol. The average Bonchev–Trinajstić information content (AvgIpc) is 2.81. The maximum absolute atomic E-state index is 12.7. The van der Waals surface area contributed by atoms with E-state index in [1.165, 1.54) is 0 Å². The van der Waals surface area contributed by atoms with E-state index in [0.29, 0.717) is 21.8 Å². The quantitative estimate of drug-likeness (QED) is 0.553. The fraction of sp³-hybridized carbons (Fsp3) is 0.0625. The summed E-state index contributed by atoms with van der Waals surface area (Å²) in [5.41, 5.74) is 9.28. The summed E-state index contributed by atoms with van der Waals surface area (Å²) in [6.45, 7) is 2.01. The summed E-state index contributed by atoms with van der Waals surface area (Å²) in [6.07, 6.45) is 1.70. The predicted molar refractivity (Wildman–Crippen MR) is 82.3 cm³/mol. The van der Waals surface area contributed by atoms with Gasteiger partial charge in [-0.15, -0.1) is 0 Å². The van der Waals surface area contributed by atoms with E-state index in [1.54, 1.807) is 24.4 Å². The van der Waals surface area contributed by atoms with Crippen LogP contribution in [0, 0.1) is 6.92 Å². The van der Waals surface area contributed by atoms with Crippen LogP contribution in [0.3, 0.4) is 0 Å². The molecule has 4 heteroatoms. The van der Waals surface area contributed by atoms with Gasteiger partial charge in [-0.1, -0.05) is 29.8 Å². The number of fused-ring (bicyclic) bond motifs is 1. The molecule has 0 aliphatic heterocycles. The second kappa shape index (κ2) is 4.69. The Balaban J connectivity index is 2.18. The van der Waals surface area contributed by atoms with Gasteiger partial charge < -0.3 is 10.7 Å². The number of carbonyl (C=O) groups excluding carboxylic acids is 1. The van der Waals surface area contributed by atoms with Crippen LogP contribution in [-0.4, -0.2) is 10.8 Å². The molecule has 3 nitrogen and oxygen atoms in total. The second-order valence-electron chi connectivity index (χ2n) is 4.78. The third-order valence-electron chi connectivity index (χ3n) is 3.35. The number of rotatable bonds is 2. The van der Waals surface area contributed by atoms with E-state index in [9.17, 15) is 4.79 Å². The van der Waals surface area contributed by atoms with Gasteiger partial charge >= 0.3 is 0 Å². The minimum absolute atomic E-state index is 0.164. The highest BCUT2D eigenvalue weighted by Crippen LogP contribution is 2.28. The van der Waals surface area contributed by atoms with Crippen LogP contribution in [0.15, 0.2) is 42.6 Å². The van der Waals surface area contributed by atoms with E-state index in [-0.39, 0.29) is 5.78 Å². The van der Waals surface area contributed by atoms with E-state index in [2.05, 4.69) is 4.98 Å². The Hall–Kier alpha value is -2.26. The fourth-order valence-corrected chi connectivity index (χ4v) is 2.61. The molecule has 3 aromatic rings. The second-order valence-corrected chi connectivity index (χ2v) is 5.19. The Bertz CT molecular complexity index is 800. The fourth-order valence-electron chi connectivity index (χ4n) is 2.34. The van der Waals surface area contributed by atoms with E-state index in [1.807, 2.05) is 25.1 Å². The molecule has 100 valence electrons. The topological polar surface area (TPSA) is 58.9 Å². The number of aryl methyl sites for hydroxylation is 1. The highest BCUT2D eigenvalue weighted by atomic mass is 35.5. The van der Waals surface area contributed by atoms with Crippen molar-refractivity contribution in [3.8, 4) is 0 Å². The summed E-state index contributed by atoms with van der Waals surface area (Å²) >= 11 is 6.11. The van der Waals surface area contributed by atoms with Crippen molar-refractivity contribution in [1.82, 2.24) is 4.98 Å². The number of benzene rings is 2. The molecule has 0 aliphatic rings. The van der Waals surface area contributed by atoms with E-state index in [4.69, 9.17) is 17.3 Å². The summed E-state index contributed by atoms with van der Waals surface area (Å²) in [4.78, 5) is 15.8. The Morgan fingerprint density at radius 1 is 1.25 bits per heavy atom. The lowest BCUT2D eigenvalue weighted by Crippen LogP contribution is -2.05. The summed E-state index contributed by atoms with van der Waals surface area (Å²) in [5, 5.41) is 1.25. The number of aromatic nitrogens is 1. The highest BCUT2D eigenvalue weighted by Gasteiger charge is 2.19. The van der Waals surface area contributed by atoms with Crippen molar-refractivity contribution in [2.75, 3.05) is 5.73 Å². The molecule has 3 N–H and O–H groups in total. The number of anilines is 1. The first kappa shape index (κ1) is 12.8. The zero-order valence-corrected chi connectivity index (χ0v) is 11.7. The number of hydrogen-bond donors (Lipinski definition) is 2. The first-order chi connectivity index (χ1) is 9.58. The molecule has 0 spiro atoms. The van der Waals surface area contributed by atoms with Gasteiger partial charge in [-0.2, -0.15) is 0 Å². The van der Waals surface area contributed by atoms with Crippen LogP contribution in [0.4, 0.5) is 5.69 Å². The molecular formula is C16H13ClN2O. The summed E-state index contributed by atoms with van der Waals surface area (Å²) in [5.74, 6) is -0.164. The highest BCUT2D eigenvalue weighted by molar-refractivity contribution is 6.36. The van der Waals surface area contributed by atoms with E-state index < -0.39 is 0 Å². The van der Waals surface area contributed by atoms with Gasteiger partial charge in [-0.3, -0.25) is 4.79 Å². The number of halogens is 1. The lowest BCUT2D eigenvalue weighted by Gasteiger charge is -2.06. The van der Waals surface area contributed by atoms with Crippen molar-refractivity contribution in [3.05, 3.63) is 64.3 Å². The van der Waals surface area contributed by atoms with Crippen molar-refractivity contribution in [2.24, 2.45) is 0 Å². The lowest BCUT2D eigenvalue weighted by molar-refractivity contribution is 0.104. The van der Waals surface area contributed by atoms with E-state index in [0.717, 1.165) is 16.5 Å². The van der Waals surface area contributed by atoms with Crippen molar-refractivity contribution in [2.45, 2.75) is 6.92 Å². The molecule has 0 saturated heterocycles. The number of aromatic amines is 1. The maximum atomic E-state index is 12.7. The molecule has 3 rings (SSSR count). The van der Waals surface area contributed by atoms with Crippen molar-refractivity contribution in [3.63, 3.8) is 0 Å². The van der Waals surface area contributed by atoms with Crippen LogP contribution in [0.1, 0.15) is 21.5 Å². The van der Waals surface area contributed by atoms with Gasteiger partial charge in [0.1, 0.15) is 0 Å². The van der Waals surface area contributed by atoms with Gasteiger partial charge in [-0.05, 0) is 30.7 Å². The van der Waals surface area contributed by atoms with Gasteiger partial charge in [-0.25, -0.2) is 0 Å². The van der Waals surface area contributed by atoms with Crippen molar-refractivity contribution >= 4 is 34.0 Å². The Morgan fingerprint density at radius 3 is 2.80 bits per heavy atom. The van der Waals surface area contributed by atoms with Crippen LogP contribution in [-0.2, 0) is 0 Å². The normalized spacial score (nSPS) is 10.9. The molecule has 0 bridgehead atoms. The molecule has 0 unspecified atom stereocenters. The van der Waals surface area contributed by atoms with Crippen molar-refractivity contribution in [1.29, 1.82) is 0 Å². The molecule has 0 fully saturated rings. The van der Waals surface area contributed by atoms with Gasteiger partial charge in [0.15, 0.2) is 5.78 Å². The number of nitrogens with two attached hydrogens (primary N) is 1. The van der Waals surface area contributed by atoms with Crippen LogP contribution in [0.25, 0.3) is 10.9 Å². The monoisotopic (exact) mass is 284 g/mol. The molecule has 0 atom stereocenters. The molecule has 0 radical (unpaired) electrons. The largest absolute Gasteiger partial charge is 0.398 e. The first-order valence-electron chi connectivity index (χ1n) is 6.24. The molecule has 20 heavy (non-hydrogen) atoms. The Kier molecular flexibility index (Phi) is 2.99. The third-order valence-corrected chi connectivity index (χ3v) is 3.67. The number of nitrogens with one attached hydrogen (secondary N) is 1. The van der Waals surface area contributed by atoms with Gasteiger partial charge in [0.2, 0.25) is 0 Å². The molecule has 1 heterocycles.